The normalized spacial score (nSPS) is 14.8. The number of hydrogen-bond acceptors (Lipinski definition) is 6. The fourth-order valence-corrected chi connectivity index (χ4v) is 4.83. The zero-order valence-corrected chi connectivity index (χ0v) is 20.8. The van der Waals surface area contributed by atoms with Gasteiger partial charge in [-0.25, -0.2) is 0 Å². The Morgan fingerprint density at radius 3 is 2.68 bits per heavy atom. The summed E-state index contributed by atoms with van der Waals surface area (Å²) in [6.07, 6.45) is 2.61. The van der Waals surface area contributed by atoms with Gasteiger partial charge in [-0.05, 0) is 71.0 Å². The number of carbonyl (C=O) groups excluding carboxylic acids is 2. The summed E-state index contributed by atoms with van der Waals surface area (Å²) in [5.74, 6) is 0.970. The van der Waals surface area contributed by atoms with Crippen molar-refractivity contribution >= 4 is 74.5 Å². The second-order valence-corrected chi connectivity index (χ2v) is 9.53. The Kier molecular flexibility index (Phi) is 8.33. The van der Waals surface area contributed by atoms with Gasteiger partial charge in [0.15, 0.2) is 11.5 Å². The molecule has 0 atom stereocenters. The van der Waals surface area contributed by atoms with Gasteiger partial charge in [-0.1, -0.05) is 36.1 Å². The second kappa shape index (κ2) is 11.0. The van der Waals surface area contributed by atoms with Crippen LogP contribution in [0.3, 0.4) is 0 Å². The summed E-state index contributed by atoms with van der Waals surface area (Å²) in [5.41, 5.74) is 1.58. The summed E-state index contributed by atoms with van der Waals surface area (Å²) >= 11 is 8.83. The fourth-order valence-electron chi connectivity index (χ4n) is 2.97. The summed E-state index contributed by atoms with van der Waals surface area (Å²) < 4.78 is 12.1. The number of thioether (sulfide) groups is 1. The number of ether oxygens (including phenoxy) is 2. The first-order chi connectivity index (χ1) is 14.9. The zero-order valence-electron chi connectivity index (χ0n) is 17.0. The monoisotopic (exact) mass is 568 g/mol. The molecular weight excluding hydrogens is 547 g/mol. The highest BCUT2D eigenvalue weighted by atomic mass is 127. The summed E-state index contributed by atoms with van der Waals surface area (Å²) in [7, 11) is 3.14. The number of benzene rings is 2. The quantitative estimate of drug-likeness (QED) is 0.277. The third-order valence-corrected chi connectivity index (χ3v) is 6.52. The molecule has 2 aromatic carbocycles. The van der Waals surface area contributed by atoms with Crippen LogP contribution in [0.2, 0.25) is 0 Å². The predicted octanol–water partition coefficient (Wildman–Crippen LogP) is 4.93. The molecule has 0 radical (unpaired) electrons. The number of methoxy groups -OCH3 is 2. The Morgan fingerprint density at radius 1 is 1.19 bits per heavy atom. The van der Waals surface area contributed by atoms with Gasteiger partial charge in [0.1, 0.15) is 4.32 Å². The third-order valence-electron chi connectivity index (χ3n) is 4.47. The molecule has 0 unspecified atom stereocenters. The molecule has 162 valence electrons. The second-order valence-electron chi connectivity index (χ2n) is 6.61. The van der Waals surface area contributed by atoms with E-state index in [-0.39, 0.29) is 11.8 Å². The number of amides is 2. The molecule has 31 heavy (non-hydrogen) atoms. The molecule has 2 aromatic rings. The number of hydrogen-bond donors (Lipinski definition) is 1. The van der Waals surface area contributed by atoms with Gasteiger partial charge < -0.3 is 14.8 Å². The molecule has 1 N–H and O–H groups in total. The Bertz CT molecular complexity index is 1040. The topological polar surface area (TPSA) is 67.9 Å². The van der Waals surface area contributed by atoms with E-state index in [0.29, 0.717) is 40.1 Å². The lowest BCUT2D eigenvalue weighted by atomic mass is 10.2. The van der Waals surface area contributed by atoms with Crippen LogP contribution < -0.4 is 14.8 Å². The molecule has 6 nitrogen and oxygen atoms in total. The SMILES string of the molecule is COc1ccc(C=C2SC(=S)N(CCCC(=O)Nc3cccc(I)c3)C2=O)cc1OC. The molecule has 9 heteroatoms. The van der Waals surface area contributed by atoms with E-state index in [1.54, 1.807) is 37.3 Å². The maximum Gasteiger partial charge on any atom is 0.266 e. The molecule has 0 saturated carbocycles. The summed E-state index contributed by atoms with van der Waals surface area (Å²) in [6.45, 7) is 0.397. The summed E-state index contributed by atoms with van der Waals surface area (Å²) in [6, 6.07) is 13.0. The summed E-state index contributed by atoms with van der Waals surface area (Å²) in [5, 5.41) is 2.87. The van der Waals surface area contributed by atoms with Crippen molar-refractivity contribution in [3.8, 4) is 11.5 Å². The number of carbonyl (C=O) groups is 2. The molecule has 0 aliphatic carbocycles. The molecular formula is C22H21IN2O4S2. The van der Waals surface area contributed by atoms with Gasteiger partial charge in [-0.3, -0.25) is 14.5 Å². The number of nitrogens with one attached hydrogen (secondary N) is 1. The largest absolute Gasteiger partial charge is 0.493 e. The molecule has 1 heterocycles. The van der Waals surface area contributed by atoms with E-state index in [1.807, 2.05) is 30.3 Å². The van der Waals surface area contributed by atoms with Gasteiger partial charge in [0.25, 0.3) is 5.91 Å². The number of rotatable bonds is 8. The van der Waals surface area contributed by atoms with Gasteiger partial charge in [0, 0.05) is 22.2 Å². The van der Waals surface area contributed by atoms with Crippen LogP contribution in [0.1, 0.15) is 18.4 Å². The first-order valence-electron chi connectivity index (χ1n) is 9.44. The molecule has 0 aromatic heterocycles. The zero-order chi connectivity index (χ0) is 22.4. The van der Waals surface area contributed by atoms with E-state index < -0.39 is 0 Å². The lowest BCUT2D eigenvalue weighted by Crippen LogP contribution is -2.29. The highest BCUT2D eigenvalue weighted by Gasteiger charge is 2.31. The van der Waals surface area contributed by atoms with Gasteiger partial charge in [0.05, 0.1) is 19.1 Å². The Hall–Kier alpha value is -2.11. The lowest BCUT2D eigenvalue weighted by Gasteiger charge is -2.14. The van der Waals surface area contributed by atoms with Crippen LogP contribution in [0.25, 0.3) is 6.08 Å². The van der Waals surface area contributed by atoms with Crippen LogP contribution in [0.5, 0.6) is 11.5 Å². The molecule has 1 fully saturated rings. The molecule has 2 amide bonds. The molecule has 0 spiro atoms. The van der Waals surface area contributed by atoms with Crippen LogP contribution in [-0.4, -0.2) is 41.8 Å². The first-order valence-corrected chi connectivity index (χ1v) is 11.7. The van der Waals surface area contributed by atoms with Gasteiger partial charge in [0.2, 0.25) is 5.91 Å². The van der Waals surface area contributed by atoms with Crippen molar-refractivity contribution in [2.24, 2.45) is 0 Å². The number of halogens is 1. The van der Waals surface area contributed by atoms with E-state index in [0.717, 1.165) is 14.8 Å². The minimum Gasteiger partial charge on any atom is -0.493 e. The van der Waals surface area contributed by atoms with Crippen LogP contribution in [-0.2, 0) is 9.59 Å². The van der Waals surface area contributed by atoms with E-state index in [1.165, 1.54) is 11.8 Å². The number of nitrogens with zero attached hydrogens (tertiary/aromatic N) is 1. The molecule has 3 rings (SSSR count). The summed E-state index contributed by atoms with van der Waals surface area (Å²) in [4.78, 5) is 27.1. The average molecular weight is 568 g/mol. The van der Waals surface area contributed by atoms with Crippen molar-refractivity contribution in [1.82, 2.24) is 4.90 Å². The third kappa shape index (κ3) is 6.20. The fraction of sp³-hybridized carbons (Fsp3) is 0.227. The van der Waals surface area contributed by atoms with E-state index in [4.69, 9.17) is 21.7 Å². The minimum atomic E-state index is -0.150. The van der Waals surface area contributed by atoms with Crippen LogP contribution in [0.15, 0.2) is 47.4 Å². The van der Waals surface area contributed by atoms with E-state index >= 15 is 0 Å². The van der Waals surface area contributed by atoms with Crippen molar-refractivity contribution in [3.63, 3.8) is 0 Å². The Morgan fingerprint density at radius 2 is 1.97 bits per heavy atom. The van der Waals surface area contributed by atoms with Crippen LogP contribution >= 0.6 is 46.6 Å². The van der Waals surface area contributed by atoms with Gasteiger partial charge in [-0.2, -0.15) is 0 Å². The molecule has 1 saturated heterocycles. The average Bonchev–Trinajstić information content (AvgIpc) is 3.01. The molecule has 1 aliphatic heterocycles. The highest BCUT2D eigenvalue weighted by molar-refractivity contribution is 14.1. The van der Waals surface area contributed by atoms with Crippen molar-refractivity contribution in [1.29, 1.82) is 0 Å². The van der Waals surface area contributed by atoms with Crippen molar-refractivity contribution in [2.45, 2.75) is 12.8 Å². The minimum absolute atomic E-state index is 0.0895. The maximum absolute atomic E-state index is 12.8. The lowest BCUT2D eigenvalue weighted by molar-refractivity contribution is -0.122. The standard InChI is InChI=1S/C22H21IN2O4S2/c1-28-17-9-8-14(11-18(17)29-2)12-19-21(27)25(22(30)31-19)10-4-7-20(26)24-16-6-3-5-15(23)13-16/h3,5-6,8-9,11-13H,4,7,10H2,1-2H3,(H,24,26). The van der Waals surface area contributed by atoms with Gasteiger partial charge in [-0.15, -0.1) is 0 Å². The Labute approximate surface area is 204 Å². The molecule has 0 bridgehead atoms. The van der Waals surface area contributed by atoms with Gasteiger partial charge >= 0.3 is 0 Å². The van der Waals surface area contributed by atoms with E-state index in [2.05, 4.69) is 27.9 Å². The van der Waals surface area contributed by atoms with Crippen molar-refractivity contribution in [2.75, 3.05) is 26.1 Å². The predicted molar refractivity (Wildman–Crippen MR) is 136 cm³/mol. The van der Waals surface area contributed by atoms with Crippen LogP contribution in [0.4, 0.5) is 5.69 Å². The molecule has 1 aliphatic rings. The highest BCUT2D eigenvalue weighted by Crippen LogP contribution is 2.34. The van der Waals surface area contributed by atoms with Crippen molar-refractivity contribution in [3.05, 3.63) is 56.5 Å². The smallest absolute Gasteiger partial charge is 0.266 e. The number of anilines is 1. The number of thiocarbonyl (C=S) groups is 1. The maximum atomic E-state index is 12.8. The van der Waals surface area contributed by atoms with Crippen molar-refractivity contribution < 1.29 is 19.1 Å². The Balaban J connectivity index is 1.57. The van der Waals surface area contributed by atoms with Crippen LogP contribution in [0, 0.1) is 3.57 Å². The first kappa shape index (κ1) is 23.6. The van der Waals surface area contributed by atoms with E-state index in [9.17, 15) is 9.59 Å².